The number of halogens is 1. The average Bonchev–Trinajstić information content (AvgIpc) is 1.90. The molecule has 0 saturated heterocycles. The number of esters is 1. The zero-order valence-corrected chi connectivity index (χ0v) is 8.65. The van der Waals surface area contributed by atoms with E-state index in [0.717, 1.165) is 0 Å². The number of likely N-dealkylation sites (N-methyl/N-ethyl adjacent to an activating group) is 1. The first-order valence-corrected chi connectivity index (χ1v) is 3.95. The van der Waals surface area contributed by atoms with Crippen LogP contribution in [0.1, 0.15) is 0 Å². The molecule has 0 saturated carbocycles. The summed E-state index contributed by atoms with van der Waals surface area (Å²) in [5, 5.41) is 3.52. The predicted molar refractivity (Wildman–Crippen MR) is 44.1 cm³/mol. The predicted octanol–water partition coefficient (Wildman–Crippen LogP) is -0.512. The van der Waals surface area contributed by atoms with Crippen LogP contribution in [0.15, 0.2) is 0 Å². The molecule has 0 aliphatic carbocycles. The van der Waals surface area contributed by atoms with Crippen molar-refractivity contribution in [3.63, 3.8) is 0 Å². The number of hydrogen-bond donors (Lipinski definition) is 1. The van der Waals surface area contributed by atoms with Crippen molar-refractivity contribution in [2.45, 2.75) is 11.4 Å². The fourth-order valence-electron chi connectivity index (χ4n) is 0.426. The van der Waals surface area contributed by atoms with Crippen molar-refractivity contribution in [1.82, 2.24) is 5.32 Å². The number of ether oxygens (including phenoxy) is 1. The van der Waals surface area contributed by atoms with E-state index in [9.17, 15) is 4.79 Å². The van der Waals surface area contributed by atoms with Gasteiger partial charge in [0.25, 0.3) is 0 Å². The third-order valence-corrected chi connectivity index (χ3v) is 1.78. The number of hydrogen-bond acceptors (Lipinski definition) is 3. The van der Waals surface area contributed by atoms with E-state index in [0.29, 0.717) is 5.32 Å². The Hall–Kier alpha value is 0.239. The van der Waals surface area contributed by atoms with Gasteiger partial charge >= 0.3 is 62.3 Å². The van der Waals surface area contributed by atoms with E-state index in [1.165, 1.54) is 7.11 Å². The Kier molecular flexibility index (Phi) is 9.46. The fraction of sp³-hybridized carbons (Fsp3) is 0.800. The van der Waals surface area contributed by atoms with Gasteiger partial charge in [0.05, 0.1) is 0 Å². The van der Waals surface area contributed by atoms with E-state index in [-0.39, 0.29) is 24.4 Å². The molecule has 0 fully saturated rings. The van der Waals surface area contributed by atoms with Gasteiger partial charge in [-0.2, -0.15) is 0 Å². The number of nitrogens with one attached hydrogen (secondary N) is 1. The molecule has 0 heterocycles. The monoisotopic (exact) mass is 233 g/mol. The molecule has 0 rings (SSSR count). The summed E-state index contributed by atoms with van der Waals surface area (Å²) in [7, 11) is 3.12. The Morgan fingerprint density at radius 3 is 2.40 bits per heavy atom. The average molecular weight is 233 g/mol. The Bertz CT molecular complexity index is 97.6. The minimum absolute atomic E-state index is 0. The molecule has 1 N–H and O–H groups in total. The third kappa shape index (κ3) is 4.12. The van der Waals surface area contributed by atoms with E-state index in [1.807, 2.05) is 0 Å². The molecule has 0 amide bonds. The SMILES string of the molecule is CN[C@@H](C[SeH])C(=O)OC.Cl. The smallest absolute Gasteiger partial charge is 0.147 e. The molecule has 62 valence electrons. The molecule has 0 radical (unpaired) electrons. The molecule has 5 heteroatoms. The van der Waals surface area contributed by atoms with E-state index < -0.39 is 0 Å². The first-order valence-electron chi connectivity index (χ1n) is 2.62. The topological polar surface area (TPSA) is 38.3 Å². The van der Waals surface area contributed by atoms with Crippen molar-refractivity contribution in [2.75, 3.05) is 14.2 Å². The van der Waals surface area contributed by atoms with Gasteiger partial charge in [-0.3, -0.25) is 0 Å². The minimum atomic E-state index is -0.210. The summed E-state index contributed by atoms with van der Waals surface area (Å²) in [5.41, 5.74) is 0. The fourth-order valence-corrected chi connectivity index (χ4v) is 1.12. The second kappa shape index (κ2) is 7.35. The second-order valence-electron chi connectivity index (χ2n) is 1.55. The Labute approximate surface area is 75.1 Å². The van der Waals surface area contributed by atoms with Crippen LogP contribution in [0.25, 0.3) is 0 Å². The van der Waals surface area contributed by atoms with Crippen LogP contribution in [-0.4, -0.2) is 42.2 Å². The molecule has 10 heavy (non-hydrogen) atoms. The summed E-state index contributed by atoms with van der Waals surface area (Å²) in [6.07, 6.45) is 0. The van der Waals surface area contributed by atoms with Crippen LogP contribution in [0, 0.1) is 0 Å². The maximum absolute atomic E-state index is 10.7. The van der Waals surface area contributed by atoms with Crippen molar-refractivity contribution in [3.8, 4) is 0 Å². The standard InChI is InChI=1S/C5H11NO2Se.ClH/c1-6-4(3-9)5(7)8-2;/h4,6,9H,3H2,1-2H3;1H/t4-;/m0./s1. The first kappa shape index (κ1) is 12.9. The maximum atomic E-state index is 10.7. The molecule has 1 atom stereocenters. The summed E-state index contributed by atoms with van der Waals surface area (Å²) in [6, 6.07) is -0.171. The first-order chi connectivity index (χ1) is 4.26. The van der Waals surface area contributed by atoms with Gasteiger partial charge in [0.2, 0.25) is 0 Å². The number of carbonyl (C=O) groups is 1. The molecule has 0 aromatic rings. The summed E-state index contributed by atoms with van der Waals surface area (Å²) in [5.74, 6) is -0.210. The normalized spacial score (nSPS) is 11.5. The number of methoxy groups -OCH3 is 1. The van der Waals surface area contributed by atoms with Gasteiger partial charge in [-0.15, -0.1) is 12.4 Å². The van der Waals surface area contributed by atoms with E-state index >= 15 is 0 Å². The third-order valence-electron chi connectivity index (χ3n) is 1.02. The largest absolute Gasteiger partial charge is 0.147 e. The van der Waals surface area contributed by atoms with Gasteiger partial charge in [0.1, 0.15) is 0 Å². The quantitative estimate of drug-likeness (QED) is 0.526. The van der Waals surface area contributed by atoms with Gasteiger partial charge in [0.15, 0.2) is 0 Å². The summed E-state index contributed by atoms with van der Waals surface area (Å²) in [4.78, 5) is 10.7. The van der Waals surface area contributed by atoms with Crippen LogP contribution in [-0.2, 0) is 9.53 Å². The molecule has 0 aromatic heterocycles. The van der Waals surface area contributed by atoms with Crippen molar-refractivity contribution in [1.29, 1.82) is 0 Å². The number of carbonyl (C=O) groups excluding carboxylic acids is 1. The molecule has 0 spiro atoms. The Balaban J connectivity index is 0. The van der Waals surface area contributed by atoms with Crippen LogP contribution in [0.2, 0.25) is 5.32 Å². The maximum Gasteiger partial charge on any atom is -0.147 e. The molecule has 0 bridgehead atoms. The molecule has 0 aromatic carbocycles. The minimum Gasteiger partial charge on any atom is -0.147 e. The van der Waals surface area contributed by atoms with Crippen molar-refractivity contribution >= 4 is 34.4 Å². The van der Waals surface area contributed by atoms with Crippen molar-refractivity contribution < 1.29 is 9.53 Å². The zero-order chi connectivity index (χ0) is 7.28. The Morgan fingerprint density at radius 1 is 1.80 bits per heavy atom. The van der Waals surface area contributed by atoms with Crippen molar-refractivity contribution in [3.05, 3.63) is 0 Å². The van der Waals surface area contributed by atoms with Crippen molar-refractivity contribution in [2.24, 2.45) is 0 Å². The van der Waals surface area contributed by atoms with E-state index in [2.05, 4.69) is 26.1 Å². The van der Waals surface area contributed by atoms with Crippen LogP contribution in [0.4, 0.5) is 0 Å². The van der Waals surface area contributed by atoms with Crippen LogP contribution < -0.4 is 5.32 Å². The second-order valence-corrected chi connectivity index (χ2v) is 2.31. The summed E-state index contributed by atoms with van der Waals surface area (Å²) < 4.78 is 4.48. The number of rotatable bonds is 3. The van der Waals surface area contributed by atoms with Crippen LogP contribution in [0.5, 0.6) is 0 Å². The van der Waals surface area contributed by atoms with Gasteiger partial charge in [0, 0.05) is 0 Å². The van der Waals surface area contributed by atoms with Crippen LogP contribution >= 0.6 is 12.4 Å². The molecule has 0 unspecified atom stereocenters. The van der Waals surface area contributed by atoms with Crippen LogP contribution in [0.3, 0.4) is 0 Å². The van der Waals surface area contributed by atoms with Gasteiger partial charge < -0.3 is 0 Å². The Morgan fingerprint density at radius 2 is 2.30 bits per heavy atom. The van der Waals surface area contributed by atoms with Gasteiger partial charge in [-0.05, 0) is 0 Å². The summed E-state index contributed by atoms with van der Waals surface area (Å²) >= 11 is 2.34. The zero-order valence-electron chi connectivity index (χ0n) is 5.96. The van der Waals surface area contributed by atoms with Gasteiger partial charge in [-0.1, -0.05) is 0 Å². The molecular formula is C5H12ClNO2Se. The molecule has 0 aliphatic rings. The van der Waals surface area contributed by atoms with Gasteiger partial charge in [-0.25, -0.2) is 0 Å². The molecule has 0 aliphatic heterocycles. The molecule has 3 nitrogen and oxygen atoms in total. The van der Waals surface area contributed by atoms with E-state index in [4.69, 9.17) is 0 Å². The summed E-state index contributed by atoms with van der Waals surface area (Å²) in [6.45, 7) is 0. The molecular weight excluding hydrogens is 220 g/mol. The van der Waals surface area contributed by atoms with E-state index in [1.54, 1.807) is 7.05 Å².